The molecule has 1 fully saturated rings. The lowest BCUT2D eigenvalue weighted by atomic mass is 9.85. The van der Waals surface area contributed by atoms with Gasteiger partial charge in [-0.3, -0.25) is 4.79 Å². The number of fused-ring (bicyclic) bond motifs is 1. The van der Waals surface area contributed by atoms with Crippen molar-refractivity contribution < 1.29 is 36.7 Å². The molecule has 0 radical (unpaired) electrons. The van der Waals surface area contributed by atoms with E-state index >= 15 is 0 Å². The summed E-state index contributed by atoms with van der Waals surface area (Å²) in [7, 11) is -5.58. The predicted molar refractivity (Wildman–Crippen MR) is 97.5 cm³/mol. The van der Waals surface area contributed by atoms with Crippen molar-refractivity contribution in [2.24, 2.45) is 11.8 Å². The third kappa shape index (κ3) is 3.52. The largest absolute Gasteiger partial charge is 0.493 e. The maximum atomic E-state index is 12.4. The maximum Gasteiger partial charge on any atom is 0.309 e. The summed E-state index contributed by atoms with van der Waals surface area (Å²) in [5.41, 5.74) is 1.56. The lowest BCUT2D eigenvalue weighted by molar-refractivity contribution is -0.141. The van der Waals surface area contributed by atoms with E-state index in [1.807, 2.05) is 18.2 Å². The van der Waals surface area contributed by atoms with E-state index in [1.54, 1.807) is 6.07 Å². The van der Waals surface area contributed by atoms with Gasteiger partial charge < -0.3 is 23.7 Å². The smallest absolute Gasteiger partial charge is 0.309 e. The van der Waals surface area contributed by atoms with Gasteiger partial charge in [0.1, 0.15) is 0 Å². The topological polar surface area (TPSA) is 63.2 Å². The van der Waals surface area contributed by atoms with E-state index in [-0.39, 0.29) is 43.2 Å². The first-order valence-electron chi connectivity index (χ1n) is 11.5. The van der Waals surface area contributed by atoms with Gasteiger partial charge in [0.25, 0.3) is 0 Å². The van der Waals surface area contributed by atoms with E-state index < -0.39 is 20.0 Å². The SMILES string of the molecule is [2H]C([2H])([2H])Oc1ccc(CC2C(=O)OCC2Cc2ccc3c(c2)OCO3)cc1OC([2H])([2H])[2H]. The molecule has 6 nitrogen and oxygen atoms in total. The molecule has 4 rings (SSSR count). The molecule has 2 aromatic carbocycles. The van der Waals surface area contributed by atoms with Crippen molar-refractivity contribution in [3.8, 4) is 23.0 Å². The number of carbonyl (C=O) groups excluding carboxylic acids is 1. The van der Waals surface area contributed by atoms with Gasteiger partial charge in [-0.05, 0) is 48.2 Å². The quantitative estimate of drug-likeness (QED) is 0.722. The van der Waals surface area contributed by atoms with E-state index in [4.69, 9.17) is 31.9 Å². The Kier molecular flexibility index (Phi) is 3.21. The number of carbonyl (C=O) groups is 1. The zero-order valence-corrected chi connectivity index (χ0v) is 14.4. The Morgan fingerprint density at radius 1 is 0.963 bits per heavy atom. The molecule has 0 amide bonds. The summed E-state index contributed by atoms with van der Waals surface area (Å²) in [5.74, 6) is -0.0423. The van der Waals surface area contributed by atoms with Gasteiger partial charge in [-0.1, -0.05) is 12.1 Å². The molecular formula is C21H22O6. The number of benzene rings is 2. The monoisotopic (exact) mass is 376 g/mol. The van der Waals surface area contributed by atoms with Crippen LogP contribution >= 0.6 is 0 Å². The van der Waals surface area contributed by atoms with Crippen LogP contribution in [0.5, 0.6) is 23.0 Å². The van der Waals surface area contributed by atoms with E-state index in [0.29, 0.717) is 23.5 Å². The molecule has 142 valence electrons. The molecular weight excluding hydrogens is 348 g/mol. The Morgan fingerprint density at radius 2 is 1.74 bits per heavy atom. The molecule has 2 heterocycles. The Morgan fingerprint density at radius 3 is 2.63 bits per heavy atom. The molecule has 0 saturated carbocycles. The van der Waals surface area contributed by atoms with Gasteiger partial charge in [-0.15, -0.1) is 0 Å². The second-order valence-corrected chi connectivity index (χ2v) is 6.58. The molecule has 2 aliphatic rings. The number of esters is 1. The summed E-state index contributed by atoms with van der Waals surface area (Å²) in [6.45, 7) is 0.436. The number of hydrogen-bond acceptors (Lipinski definition) is 6. The van der Waals surface area contributed by atoms with Crippen LogP contribution in [0.25, 0.3) is 0 Å². The van der Waals surface area contributed by atoms with Crippen molar-refractivity contribution in [2.75, 3.05) is 27.5 Å². The lowest BCUT2D eigenvalue weighted by Gasteiger charge is -2.16. The minimum Gasteiger partial charge on any atom is -0.493 e. The average molecular weight is 376 g/mol. The van der Waals surface area contributed by atoms with Crippen molar-refractivity contribution in [1.82, 2.24) is 0 Å². The van der Waals surface area contributed by atoms with E-state index in [1.165, 1.54) is 12.1 Å². The van der Waals surface area contributed by atoms with E-state index in [0.717, 1.165) is 5.56 Å². The first-order valence-corrected chi connectivity index (χ1v) is 8.53. The third-order valence-corrected chi connectivity index (χ3v) is 4.93. The van der Waals surface area contributed by atoms with Gasteiger partial charge in [0, 0.05) is 5.92 Å². The van der Waals surface area contributed by atoms with Gasteiger partial charge in [-0.2, -0.15) is 0 Å². The van der Waals surface area contributed by atoms with Crippen LogP contribution in [0, 0.1) is 11.8 Å². The van der Waals surface area contributed by atoms with Gasteiger partial charge in [0.15, 0.2) is 23.0 Å². The highest BCUT2D eigenvalue weighted by Crippen LogP contribution is 2.36. The molecule has 2 aliphatic heterocycles. The number of cyclic esters (lactones) is 1. The average Bonchev–Trinajstić information content (AvgIpc) is 3.29. The van der Waals surface area contributed by atoms with Crippen LogP contribution in [-0.4, -0.2) is 33.4 Å². The number of methoxy groups -OCH3 is 2. The fourth-order valence-electron chi connectivity index (χ4n) is 3.52. The van der Waals surface area contributed by atoms with Crippen LogP contribution in [0.1, 0.15) is 19.4 Å². The van der Waals surface area contributed by atoms with Crippen LogP contribution in [0.2, 0.25) is 0 Å². The maximum absolute atomic E-state index is 12.4. The van der Waals surface area contributed by atoms with Gasteiger partial charge in [0.05, 0.1) is 34.8 Å². The number of rotatable bonds is 6. The fraction of sp³-hybridized carbons (Fsp3) is 0.381. The molecule has 0 aliphatic carbocycles. The zero-order chi connectivity index (χ0) is 23.8. The van der Waals surface area contributed by atoms with Crippen molar-refractivity contribution in [1.29, 1.82) is 0 Å². The molecule has 0 spiro atoms. The number of hydrogen-bond donors (Lipinski definition) is 0. The Balaban J connectivity index is 1.53. The molecule has 6 heteroatoms. The summed E-state index contributed by atoms with van der Waals surface area (Å²) in [5, 5.41) is 0. The summed E-state index contributed by atoms with van der Waals surface area (Å²) in [6.07, 6.45) is 0.839. The summed E-state index contributed by atoms with van der Waals surface area (Å²) in [6, 6.07) is 9.91. The molecule has 0 aromatic heterocycles. The summed E-state index contributed by atoms with van der Waals surface area (Å²) in [4.78, 5) is 12.4. The molecule has 0 N–H and O–H groups in total. The normalized spacial score (nSPS) is 24.7. The zero-order valence-electron chi connectivity index (χ0n) is 20.4. The second kappa shape index (κ2) is 7.39. The van der Waals surface area contributed by atoms with Crippen molar-refractivity contribution in [2.45, 2.75) is 12.8 Å². The van der Waals surface area contributed by atoms with E-state index in [9.17, 15) is 4.79 Å². The Hall–Kier alpha value is -2.89. The lowest BCUT2D eigenvalue weighted by Crippen LogP contribution is -2.20. The van der Waals surface area contributed by atoms with Crippen LogP contribution < -0.4 is 18.9 Å². The molecule has 0 bridgehead atoms. The molecule has 2 atom stereocenters. The highest BCUT2D eigenvalue weighted by molar-refractivity contribution is 5.75. The second-order valence-electron chi connectivity index (χ2n) is 6.58. The summed E-state index contributed by atoms with van der Waals surface area (Å²) >= 11 is 0. The van der Waals surface area contributed by atoms with E-state index in [2.05, 4.69) is 0 Å². The highest BCUT2D eigenvalue weighted by Gasteiger charge is 2.37. The minimum absolute atomic E-state index is 0.108. The molecule has 27 heavy (non-hydrogen) atoms. The van der Waals surface area contributed by atoms with Crippen molar-refractivity contribution in [3.63, 3.8) is 0 Å². The fourth-order valence-corrected chi connectivity index (χ4v) is 3.52. The Labute approximate surface area is 166 Å². The number of ether oxygens (including phenoxy) is 5. The summed E-state index contributed by atoms with van der Waals surface area (Å²) < 4.78 is 69.8. The predicted octanol–water partition coefficient (Wildman–Crippen LogP) is 3.01. The first-order chi connectivity index (χ1) is 15.5. The molecule has 2 unspecified atom stereocenters. The minimum atomic E-state index is -2.81. The third-order valence-electron chi connectivity index (χ3n) is 4.93. The van der Waals surface area contributed by atoms with Gasteiger partial charge in [-0.25, -0.2) is 0 Å². The van der Waals surface area contributed by atoms with Crippen LogP contribution in [0.3, 0.4) is 0 Å². The molecule has 1 saturated heterocycles. The van der Waals surface area contributed by atoms with Crippen molar-refractivity contribution in [3.05, 3.63) is 47.5 Å². The van der Waals surface area contributed by atoms with Crippen molar-refractivity contribution >= 4 is 5.97 Å². The van der Waals surface area contributed by atoms with Crippen LogP contribution in [0.15, 0.2) is 36.4 Å². The van der Waals surface area contributed by atoms with Crippen LogP contribution in [0.4, 0.5) is 0 Å². The Bertz CT molecular complexity index is 1030. The first kappa shape index (κ1) is 11.7. The standard InChI is InChI=1S/C21H22O6/c1-23-17-5-3-14(9-19(17)24-2)8-16-15(11-25-21(16)22)7-13-4-6-18-20(10-13)27-12-26-18/h3-6,9-10,15-16H,7-8,11-12H2,1-2H3/i1D3,2D3. The van der Waals surface area contributed by atoms with Crippen LogP contribution in [-0.2, 0) is 22.4 Å². The highest BCUT2D eigenvalue weighted by atomic mass is 16.7. The van der Waals surface area contributed by atoms with Gasteiger partial charge in [0.2, 0.25) is 6.79 Å². The molecule has 2 aromatic rings. The van der Waals surface area contributed by atoms with Gasteiger partial charge >= 0.3 is 5.97 Å².